The molecule has 150 valence electrons. The Balaban J connectivity index is 2.46. The molecule has 3 rings (SSSR count). The molecular formula is C21H15BF6O. The Morgan fingerprint density at radius 2 is 1.03 bits per heavy atom. The topological polar surface area (TPSA) is 9.23 Å². The lowest BCUT2D eigenvalue weighted by Gasteiger charge is -2.23. The Morgan fingerprint density at radius 1 is 0.621 bits per heavy atom. The zero-order valence-corrected chi connectivity index (χ0v) is 15.7. The van der Waals surface area contributed by atoms with Crippen molar-refractivity contribution in [3.05, 3.63) is 82.4 Å². The quantitative estimate of drug-likeness (QED) is 0.473. The first-order valence-electron chi connectivity index (χ1n) is 8.58. The first-order valence-corrected chi connectivity index (χ1v) is 8.58. The van der Waals surface area contributed by atoms with Gasteiger partial charge in [-0.2, -0.15) is 0 Å². The minimum atomic E-state index is -1.36. The van der Waals surface area contributed by atoms with E-state index in [1.54, 1.807) is 0 Å². The molecule has 0 fully saturated rings. The largest absolute Gasteiger partial charge is 0.497 e. The molecule has 0 amide bonds. The lowest BCUT2D eigenvalue weighted by Crippen LogP contribution is -2.56. The lowest BCUT2D eigenvalue weighted by molar-refractivity contribution is 0.411. The second-order valence-electron chi connectivity index (χ2n) is 6.64. The molecule has 0 saturated carbocycles. The van der Waals surface area contributed by atoms with Gasteiger partial charge in [0.05, 0.1) is 7.11 Å². The van der Waals surface area contributed by atoms with E-state index in [9.17, 15) is 26.3 Å². The molecule has 0 radical (unpaired) electrons. The summed E-state index contributed by atoms with van der Waals surface area (Å²) < 4.78 is 90.3. The van der Waals surface area contributed by atoms with Crippen LogP contribution in [-0.4, -0.2) is 13.8 Å². The molecule has 0 aromatic heterocycles. The summed E-state index contributed by atoms with van der Waals surface area (Å²) in [6.45, 7) is 1.30. The van der Waals surface area contributed by atoms with Crippen LogP contribution in [0.15, 0.2) is 36.4 Å². The van der Waals surface area contributed by atoms with Crippen LogP contribution in [0.1, 0.15) is 11.1 Å². The Bertz CT molecular complexity index is 1040. The van der Waals surface area contributed by atoms with Gasteiger partial charge in [0, 0.05) is 29.7 Å². The van der Waals surface area contributed by atoms with Gasteiger partial charge in [0.25, 0.3) is 6.71 Å². The summed E-state index contributed by atoms with van der Waals surface area (Å²) in [5.41, 5.74) is -0.536. The van der Waals surface area contributed by atoms with E-state index in [-0.39, 0.29) is 33.3 Å². The van der Waals surface area contributed by atoms with E-state index < -0.39 is 41.6 Å². The van der Waals surface area contributed by atoms with Gasteiger partial charge < -0.3 is 4.74 Å². The van der Waals surface area contributed by atoms with Gasteiger partial charge in [0.1, 0.15) is 40.7 Å². The summed E-state index contributed by atoms with van der Waals surface area (Å²) in [5.74, 6) is -6.03. The molecule has 0 bridgehead atoms. The van der Waals surface area contributed by atoms with Crippen molar-refractivity contribution < 1.29 is 31.1 Å². The standard InChI is InChI=1S/C21H15BF6O/c1-10-15(4-12(23)6-17(10)26)22(16-5-13(24)7-18(27)11(16)2)21-19(28)8-14(25)9-20(21)29-3/h4-9H,1-3H3. The number of methoxy groups -OCH3 is 1. The maximum atomic E-state index is 14.9. The van der Waals surface area contributed by atoms with Crippen LogP contribution in [0.5, 0.6) is 5.75 Å². The van der Waals surface area contributed by atoms with Gasteiger partial charge >= 0.3 is 0 Å². The maximum Gasteiger partial charge on any atom is 0.251 e. The molecule has 0 atom stereocenters. The highest BCUT2D eigenvalue weighted by atomic mass is 19.2. The fourth-order valence-electron chi connectivity index (χ4n) is 3.42. The fourth-order valence-corrected chi connectivity index (χ4v) is 3.42. The zero-order chi connectivity index (χ0) is 21.5. The van der Waals surface area contributed by atoms with Crippen LogP contribution < -0.4 is 21.1 Å². The van der Waals surface area contributed by atoms with Gasteiger partial charge in [0.15, 0.2) is 0 Å². The van der Waals surface area contributed by atoms with Crippen molar-refractivity contribution in [2.45, 2.75) is 13.8 Å². The van der Waals surface area contributed by atoms with Crippen LogP contribution in [0.4, 0.5) is 26.3 Å². The third-order valence-electron chi connectivity index (χ3n) is 4.89. The number of ether oxygens (including phenoxy) is 1. The van der Waals surface area contributed by atoms with Crippen LogP contribution in [0, 0.1) is 48.8 Å². The Kier molecular flexibility index (Phi) is 5.64. The SMILES string of the molecule is COc1cc(F)cc(F)c1B(c1cc(F)cc(F)c1C)c1cc(F)cc(F)c1C. The summed E-state index contributed by atoms with van der Waals surface area (Å²) in [4.78, 5) is 0. The number of hydrogen-bond acceptors (Lipinski definition) is 1. The van der Waals surface area contributed by atoms with Gasteiger partial charge in [-0.3, -0.25) is 0 Å². The molecule has 0 heterocycles. The first kappa shape index (κ1) is 20.8. The number of rotatable bonds is 4. The summed E-state index contributed by atoms with van der Waals surface area (Å²) in [7, 11) is 1.16. The smallest absolute Gasteiger partial charge is 0.251 e. The van der Waals surface area contributed by atoms with E-state index in [1.807, 2.05) is 0 Å². The van der Waals surface area contributed by atoms with E-state index in [0.717, 1.165) is 25.3 Å². The van der Waals surface area contributed by atoms with E-state index in [1.165, 1.54) is 13.8 Å². The van der Waals surface area contributed by atoms with Crippen molar-refractivity contribution in [2.75, 3.05) is 7.11 Å². The van der Waals surface area contributed by atoms with E-state index in [4.69, 9.17) is 4.74 Å². The molecule has 0 aliphatic heterocycles. The molecule has 0 unspecified atom stereocenters. The number of halogens is 6. The third kappa shape index (κ3) is 3.84. The fraction of sp³-hybridized carbons (Fsp3) is 0.143. The van der Waals surface area contributed by atoms with Gasteiger partial charge in [0.2, 0.25) is 0 Å². The van der Waals surface area contributed by atoms with Gasteiger partial charge in [-0.1, -0.05) is 10.9 Å². The maximum absolute atomic E-state index is 14.9. The van der Waals surface area contributed by atoms with Crippen molar-refractivity contribution >= 4 is 23.1 Å². The number of benzene rings is 3. The van der Waals surface area contributed by atoms with Crippen molar-refractivity contribution in [3.8, 4) is 5.75 Å². The van der Waals surface area contributed by atoms with Gasteiger partial charge in [-0.05, 0) is 37.1 Å². The molecule has 3 aromatic rings. The molecule has 0 N–H and O–H groups in total. The Morgan fingerprint density at radius 3 is 1.48 bits per heavy atom. The minimum Gasteiger partial charge on any atom is -0.497 e. The summed E-state index contributed by atoms with van der Waals surface area (Å²) >= 11 is 0. The summed E-state index contributed by atoms with van der Waals surface area (Å²) in [6, 6.07) is 4.66. The van der Waals surface area contributed by atoms with Crippen LogP contribution in [0.25, 0.3) is 0 Å². The number of hydrogen-bond donors (Lipinski definition) is 0. The van der Waals surface area contributed by atoms with Gasteiger partial charge in [-0.15, -0.1) is 0 Å². The van der Waals surface area contributed by atoms with Crippen LogP contribution in [-0.2, 0) is 0 Å². The second kappa shape index (κ2) is 7.85. The highest BCUT2D eigenvalue weighted by molar-refractivity contribution is 6.96. The molecule has 1 nitrogen and oxygen atoms in total. The zero-order valence-electron chi connectivity index (χ0n) is 15.7. The van der Waals surface area contributed by atoms with Crippen LogP contribution >= 0.6 is 0 Å². The third-order valence-corrected chi connectivity index (χ3v) is 4.89. The van der Waals surface area contributed by atoms with E-state index in [0.29, 0.717) is 18.2 Å². The van der Waals surface area contributed by atoms with E-state index in [2.05, 4.69) is 0 Å². The molecule has 0 saturated heterocycles. The molecular weight excluding hydrogens is 393 g/mol. The lowest BCUT2D eigenvalue weighted by atomic mass is 9.35. The normalized spacial score (nSPS) is 10.9. The highest BCUT2D eigenvalue weighted by Crippen LogP contribution is 2.18. The Labute approximate surface area is 164 Å². The first-order chi connectivity index (χ1) is 13.6. The minimum absolute atomic E-state index is 0.0498. The van der Waals surface area contributed by atoms with Gasteiger partial charge in [-0.25, -0.2) is 26.3 Å². The monoisotopic (exact) mass is 408 g/mol. The van der Waals surface area contributed by atoms with Crippen LogP contribution in [0.2, 0.25) is 0 Å². The molecule has 0 spiro atoms. The van der Waals surface area contributed by atoms with Crippen LogP contribution in [0.3, 0.4) is 0 Å². The summed E-state index contributed by atoms with van der Waals surface area (Å²) in [5, 5.41) is 0. The van der Waals surface area contributed by atoms with Crippen molar-refractivity contribution in [2.24, 2.45) is 0 Å². The predicted molar refractivity (Wildman–Crippen MR) is 99.8 cm³/mol. The molecule has 0 aliphatic rings. The molecule has 3 aromatic carbocycles. The van der Waals surface area contributed by atoms with Crippen molar-refractivity contribution in [1.29, 1.82) is 0 Å². The van der Waals surface area contributed by atoms with E-state index >= 15 is 0 Å². The molecule has 8 heteroatoms. The summed E-state index contributed by atoms with van der Waals surface area (Å²) in [6.07, 6.45) is 0. The van der Waals surface area contributed by atoms with Crippen molar-refractivity contribution in [3.63, 3.8) is 0 Å². The molecule has 29 heavy (non-hydrogen) atoms. The van der Waals surface area contributed by atoms with Crippen molar-refractivity contribution in [1.82, 2.24) is 0 Å². The average molecular weight is 408 g/mol. The Hall–Kier alpha value is -2.90. The second-order valence-corrected chi connectivity index (χ2v) is 6.64. The highest BCUT2D eigenvalue weighted by Gasteiger charge is 2.33. The molecule has 0 aliphatic carbocycles. The average Bonchev–Trinajstić information content (AvgIpc) is 2.64. The predicted octanol–water partition coefficient (Wildman–Crippen LogP) is 3.66.